The average molecular weight is 383 g/mol. The monoisotopic (exact) mass is 383 g/mol. The van der Waals surface area contributed by atoms with Crippen molar-refractivity contribution in [2.45, 2.75) is 31.6 Å². The molecule has 2 aliphatic rings. The van der Waals surface area contributed by atoms with E-state index in [1.807, 2.05) is 0 Å². The molecule has 0 spiro atoms. The first-order chi connectivity index (χ1) is 12.9. The fraction of sp³-hybridized carbons (Fsp3) is 0.632. The van der Waals surface area contributed by atoms with Gasteiger partial charge in [-0.25, -0.2) is 0 Å². The lowest BCUT2D eigenvalue weighted by Crippen LogP contribution is -2.47. The third-order valence-electron chi connectivity index (χ3n) is 5.17. The van der Waals surface area contributed by atoms with E-state index in [4.69, 9.17) is 0 Å². The third-order valence-corrected chi connectivity index (χ3v) is 5.17. The summed E-state index contributed by atoms with van der Waals surface area (Å²) in [5.41, 5.74) is 2.82. The zero-order chi connectivity index (χ0) is 19.3. The van der Waals surface area contributed by atoms with Crippen LogP contribution in [0.3, 0.4) is 0 Å². The van der Waals surface area contributed by atoms with Crippen molar-refractivity contribution in [2.75, 3.05) is 46.3 Å². The number of hydrogen-bond acceptors (Lipinski definition) is 3. The van der Waals surface area contributed by atoms with Gasteiger partial charge in [-0.3, -0.25) is 14.8 Å². The first-order valence-electron chi connectivity index (χ1n) is 9.48. The van der Waals surface area contributed by atoms with Crippen molar-refractivity contribution in [1.82, 2.24) is 20.4 Å². The Balaban J connectivity index is 1.38. The second-order valence-electron chi connectivity index (χ2n) is 7.27. The van der Waals surface area contributed by atoms with Crippen LogP contribution in [0.4, 0.5) is 13.2 Å². The normalized spacial score (nSPS) is 21.9. The van der Waals surface area contributed by atoms with Gasteiger partial charge in [0.25, 0.3) is 0 Å². The highest BCUT2D eigenvalue weighted by atomic mass is 19.4. The van der Waals surface area contributed by atoms with Crippen molar-refractivity contribution in [1.29, 1.82) is 0 Å². The van der Waals surface area contributed by atoms with Gasteiger partial charge < -0.3 is 10.6 Å². The maximum atomic E-state index is 12.5. The summed E-state index contributed by atoms with van der Waals surface area (Å²) < 4.78 is 37.5. The van der Waals surface area contributed by atoms with Gasteiger partial charge in [-0.2, -0.15) is 13.2 Å². The van der Waals surface area contributed by atoms with Gasteiger partial charge in [-0.1, -0.05) is 24.3 Å². The molecule has 1 fully saturated rings. The smallest absolute Gasteiger partial charge is 0.355 e. The van der Waals surface area contributed by atoms with E-state index in [0.29, 0.717) is 25.5 Å². The van der Waals surface area contributed by atoms with Gasteiger partial charge in [0.05, 0.1) is 6.54 Å². The van der Waals surface area contributed by atoms with Crippen molar-refractivity contribution in [3.8, 4) is 0 Å². The number of aliphatic imine (C=N–C) groups is 1. The fourth-order valence-corrected chi connectivity index (χ4v) is 3.81. The van der Waals surface area contributed by atoms with E-state index < -0.39 is 12.7 Å². The molecule has 150 valence electrons. The van der Waals surface area contributed by atoms with E-state index in [1.54, 1.807) is 7.05 Å². The number of likely N-dealkylation sites (tertiary alicyclic amines) is 1. The molecular weight excluding hydrogens is 355 g/mol. The summed E-state index contributed by atoms with van der Waals surface area (Å²) in [7, 11) is 1.69. The fourth-order valence-electron chi connectivity index (χ4n) is 3.81. The summed E-state index contributed by atoms with van der Waals surface area (Å²) in [6, 6.07) is 8.55. The highest BCUT2D eigenvalue weighted by Gasteiger charge is 2.34. The van der Waals surface area contributed by atoms with Gasteiger partial charge in [-0.05, 0) is 24.0 Å². The Hall–Kier alpha value is -1.80. The van der Waals surface area contributed by atoms with Crippen molar-refractivity contribution in [3.05, 3.63) is 35.4 Å². The first-order valence-corrected chi connectivity index (χ1v) is 9.48. The minimum atomic E-state index is -4.14. The van der Waals surface area contributed by atoms with Crippen LogP contribution in [0.2, 0.25) is 0 Å². The Morgan fingerprint density at radius 1 is 1.19 bits per heavy atom. The van der Waals surface area contributed by atoms with Crippen molar-refractivity contribution >= 4 is 5.96 Å². The highest BCUT2D eigenvalue weighted by molar-refractivity contribution is 5.80. The molecule has 1 atom stereocenters. The Bertz CT molecular complexity index is 646. The second-order valence-corrected chi connectivity index (χ2v) is 7.27. The molecule has 1 aromatic rings. The van der Waals surface area contributed by atoms with E-state index in [0.717, 1.165) is 32.6 Å². The molecule has 27 heavy (non-hydrogen) atoms. The van der Waals surface area contributed by atoms with E-state index in [2.05, 4.69) is 44.8 Å². The van der Waals surface area contributed by atoms with Crippen LogP contribution in [0, 0.1) is 0 Å². The molecule has 0 amide bonds. The number of hydrogen-bond donors (Lipinski definition) is 2. The standard InChI is InChI=1S/C19H28F3N5/c1-23-18(25-17-7-10-27(13-17)14-19(20,21)22)24-8-11-26-9-6-15-4-2-3-5-16(15)12-26/h2-5,17H,6-14H2,1H3,(H2,23,24,25). The van der Waals surface area contributed by atoms with E-state index in [-0.39, 0.29) is 6.04 Å². The van der Waals surface area contributed by atoms with Crippen LogP contribution in [0.25, 0.3) is 0 Å². The van der Waals surface area contributed by atoms with Crippen LogP contribution in [0.1, 0.15) is 17.5 Å². The maximum Gasteiger partial charge on any atom is 0.401 e. The largest absolute Gasteiger partial charge is 0.401 e. The predicted octanol–water partition coefficient (Wildman–Crippen LogP) is 1.85. The number of nitrogens with zero attached hydrogens (tertiary/aromatic N) is 3. The van der Waals surface area contributed by atoms with Crippen LogP contribution in [-0.2, 0) is 13.0 Å². The number of rotatable bonds is 5. The number of fused-ring (bicyclic) bond motifs is 1. The maximum absolute atomic E-state index is 12.5. The molecule has 1 saturated heterocycles. The summed E-state index contributed by atoms with van der Waals surface area (Å²) in [4.78, 5) is 8.05. The van der Waals surface area contributed by atoms with Gasteiger partial charge in [0, 0.05) is 52.4 Å². The quantitative estimate of drug-likeness (QED) is 0.602. The summed E-state index contributed by atoms with van der Waals surface area (Å²) in [6.07, 6.45) is -2.37. The molecule has 2 N–H and O–H groups in total. The number of nitrogens with one attached hydrogen (secondary N) is 2. The molecule has 1 aromatic carbocycles. The Morgan fingerprint density at radius 3 is 2.70 bits per heavy atom. The summed E-state index contributed by atoms with van der Waals surface area (Å²) in [5.74, 6) is 0.659. The summed E-state index contributed by atoms with van der Waals surface area (Å²) in [5, 5.41) is 6.53. The zero-order valence-corrected chi connectivity index (χ0v) is 15.7. The molecule has 0 saturated carbocycles. The topological polar surface area (TPSA) is 42.9 Å². The molecule has 0 aromatic heterocycles. The van der Waals surface area contributed by atoms with Gasteiger partial charge in [0.1, 0.15) is 0 Å². The highest BCUT2D eigenvalue weighted by Crippen LogP contribution is 2.20. The molecule has 3 rings (SSSR count). The molecule has 5 nitrogen and oxygen atoms in total. The Morgan fingerprint density at radius 2 is 1.96 bits per heavy atom. The van der Waals surface area contributed by atoms with Crippen LogP contribution >= 0.6 is 0 Å². The van der Waals surface area contributed by atoms with Gasteiger partial charge >= 0.3 is 6.18 Å². The molecule has 1 unspecified atom stereocenters. The second kappa shape index (κ2) is 8.93. The number of guanidine groups is 1. The van der Waals surface area contributed by atoms with Gasteiger partial charge in [-0.15, -0.1) is 0 Å². The Kier molecular flexibility index (Phi) is 6.59. The SMILES string of the molecule is CN=C(NCCN1CCc2ccccc2C1)NC1CCN(CC(F)(F)F)C1. The minimum absolute atomic E-state index is 0.000383. The molecular formula is C19H28F3N5. The zero-order valence-electron chi connectivity index (χ0n) is 15.7. The predicted molar refractivity (Wildman–Crippen MR) is 101 cm³/mol. The van der Waals surface area contributed by atoms with Crippen molar-refractivity contribution in [2.24, 2.45) is 4.99 Å². The number of benzene rings is 1. The van der Waals surface area contributed by atoms with Gasteiger partial charge in [0.2, 0.25) is 0 Å². The molecule has 0 radical (unpaired) electrons. The number of halogens is 3. The summed E-state index contributed by atoms with van der Waals surface area (Å²) in [6.45, 7) is 3.66. The Labute approximate surface area is 158 Å². The first kappa shape index (κ1) is 19.9. The molecule has 2 heterocycles. The van der Waals surface area contributed by atoms with Gasteiger partial charge in [0.15, 0.2) is 5.96 Å². The van der Waals surface area contributed by atoms with Crippen LogP contribution in [0.5, 0.6) is 0 Å². The van der Waals surface area contributed by atoms with E-state index in [1.165, 1.54) is 16.0 Å². The van der Waals surface area contributed by atoms with Crippen LogP contribution in [0.15, 0.2) is 29.3 Å². The van der Waals surface area contributed by atoms with Crippen LogP contribution in [-0.4, -0.2) is 74.3 Å². The van der Waals surface area contributed by atoms with Crippen molar-refractivity contribution < 1.29 is 13.2 Å². The van der Waals surface area contributed by atoms with E-state index in [9.17, 15) is 13.2 Å². The third kappa shape index (κ3) is 6.10. The molecule has 0 bridgehead atoms. The summed E-state index contributed by atoms with van der Waals surface area (Å²) >= 11 is 0. The molecule has 0 aliphatic carbocycles. The minimum Gasteiger partial charge on any atom is -0.355 e. The number of alkyl halides is 3. The van der Waals surface area contributed by atoms with E-state index >= 15 is 0 Å². The lowest BCUT2D eigenvalue weighted by molar-refractivity contribution is -0.143. The van der Waals surface area contributed by atoms with Crippen LogP contribution < -0.4 is 10.6 Å². The lowest BCUT2D eigenvalue weighted by Gasteiger charge is -2.29. The molecule has 8 heteroatoms. The van der Waals surface area contributed by atoms with Crippen molar-refractivity contribution in [3.63, 3.8) is 0 Å². The lowest BCUT2D eigenvalue weighted by atomic mass is 10.00. The average Bonchev–Trinajstić information content (AvgIpc) is 3.05. The molecule has 2 aliphatic heterocycles.